The van der Waals surface area contributed by atoms with E-state index < -0.39 is 0 Å². The van der Waals surface area contributed by atoms with Gasteiger partial charge < -0.3 is 11.1 Å². The van der Waals surface area contributed by atoms with Crippen molar-refractivity contribution in [3.63, 3.8) is 0 Å². The highest BCUT2D eigenvalue weighted by molar-refractivity contribution is 5.80. The van der Waals surface area contributed by atoms with Crippen LogP contribution in [0.2, 0.25) is 0 Å². The van der Waals surface area contributed by atoms with Crippen LogP contribution in [-0.2, 0) is 4.79 Å². The first kappa shape index (κ1) is 9.52. The van der Waals surface area contributed by atoms with Crippen molar-refractivity contribution < 1.29 is 4.79 Å². The standard InChI is InChI=1S/C9H18N2O/c1-3-9(4-2)5-7(8(10)12)11-6-9/h7,11H,3-6H2,1-2H3,(H2,10,12). The molecule has 0 bridgehead atoms. The summed E-state index contributed by atoms with van der Waals surface area (Å²) in [7, 11) is 0. The van der Waals surface area contributed by atoms with Gasteiger partial charge in [0.25, 0.3) is 0 Å². The van der Waals surface area contributed by atoms with Gasteiger partial charge in [-0.3, -0.25) is 4.79 Å². The molecule has 3 heteroatoms. The minimum absolute atomic E-state index is 0.0927. The number of nitrogens with two attached hydrogens (primary N) is 1. The highest BCUT2D eigenvalue weighted by atomic mass is 16.1. The third-order valence-corrected chi connectivity index (χ3v) is 3.20. The second kappa shape index (κ2) is 3.44. The molecule has 1 rings (SSSR count). The lowest BCUT2D eigenvalue weighted by Gasteiger charge is -2.24. The maximum atomic E-state index is 10.9. The van der Waals surface area contributed by atoms with Crippen LogP contribution in [0.25, 0.3) is 0 Å². The fraction of sp³-hybridized carbons (Fsp3) is 0.889. The van der Waals surface area contributed by atoms with Gasteiger partial charge in [-0.1, -0.05) is 13.8 Å². The number of hydrogen-bond acceptors (Lipinski definition) is 2. The highest BCUT2D eigenvalue weighted by Crippen LogP contribution is 2.35. The van der Waals surface area contributed by atoms with Crippen molar-refractivity contribution in [3.8, 4) is 0 Å². The molecule has 0 radical (unpaired) electrons. The van der Waals surface area contributed by atoms with Crippen molar-refractivity contribution in [3.05, 3.63) is 0 Å². The van der Waals surface area contributed by atoms with Crippen molar-refractivity contribution in [1.29, 1.82) is 0 Å². The van der Waals surface area contributed by atoms with Crippen LogP contribution in [0.3, 0.4) is 0 Å². The average Bonchev–Trinajstić information content (AvgIpc) is 2.49. The molecule has 0 saturated carbocycles. The minimum atomic E-state index is -0.209. The summed E-state index contributed by atoms with van der Waals surface area (Å²) in [5.74, 6) is -0.209. The second-order valence-electron chi connectivity index (χ2n) is 3.75. The van der Waals surface area contributed by atoms with Crippen molar-refractivity contribution in [2.75, 3.05) is 6.54 Å². The Morgan fingerprint density at radius 3 is 2.42 bits per heavy atom. The van der Waals surface area contributed by atoms with Crippen LogP contribution >= 0.6 is 0 Å². The zero-order valence-electron chi connectivity index (χ0n) is 7.89. The largest absolute Gasteiger partial charge is 0.368 e. The fourth-order valence-corrected chi connectivity index (χ4v) is 1.91. The number of amides is 1. The molecule has 70 valence electrons. The van der Waals surface area contributed by atoms with E-state index >= 15 is 0 Å². The molecule has 12 heavy (non-hydrogen) atoms. The van der Waals surface area contributed by atoms with E-state index in [1.807, 2.05) is 0 Å². The van der Waals surface area contributed by atoms with E-state index in [9.17, 15) is 4.79 Å². The smallest absolute Gasteiger partial charge is 0.234 e. The Kier molecular flexibility index (Phi) is 2.73. The van der Waals surface area contributed by atoms with E-state index in [1.165, 1.54) is 0 Å². The third-order valence-electron chi connectivity index (χ3n) is 3.20. The Morgan fingerprint density at radius 1 is 1.58 bits per heavy atom. The summed E-state index contributed by atoms with van der Waals surface area (Å²) in [4.78, 5) is 10.9. The van der Waals surface area contributed by atoms with E-state index in [0.717, 1.165) is 25.8 Å². The number of carbonyl (C=O) groups is 1. The van der Waals surface area contributed by atoms with Gasteiger partial charge >= 0.3 is 0 Å². The molecule has 3 N–H and O–H groups in total. The van der Waals surface area contributed by atoms with E-state index in [4.69, 9.17) is 5.73 Å². The molecule has 1 aliphatic rings. The van der Waals surface area contributed by atoms with Crippen molar-refractivity contribution >= 4 is 5.91 Å². The van der Waals surface area contributed by atoms with Crippen LogP contribution in [0.5, 0.6) is 0 Å². The molecule has 0 spiro atoms. The molecule has 1 amide bonds. The van der Waals surface area contributed by atoms with Crippen LogP contribution in [0, 0.1) is 5.41 Å². The molecule has 1 atom stereocenters. The summed E-state index contributed by atoms with van der Waals surface area (Å²) in [6.07, 6.45) is 3.16. The molecule has 3 nitrogen and oxygen atoms in total. The first-order valence-electron chi connectivity index (χ1n) is 4.66. The lowest BCUT2D eigenvalue weighted by Crippen LogP contribution is -2.36. The van der Waals surface area contributed by atoms with Crippen LogP contribution in [0.4, 0.5) is 0 Å². The Morgan fingerprint density at radius 2 is 2.17 bits per heavy atom. The number of rotatable bonds is 3. The van der Waals surface area contributed by atoms with Gasteiger partial charge in [0, 0.05) is 6.54 Å². The summed E-state index contributed by atoms with van der Waals surface area (Å²) in [6.45, 7) is 5.29. The van der Waals surface area contributed by atoms with Gasteiger partial charge in [-0.15, -0.1) is 0 Å². The lowest BCUT2D eigenvalue weighted by molar-refractivity contribution is -0.119. The first-order chi connectivity index (χ1) is 5.63. The Bertz CT molecular complexity index is 175. The van der Waals surface area contributed by atoms with Crippen molar-refractivity contribution in [1.82, 2.24) is 5.32 Å². The van der Waals surface area contributed by atoms with Gasteiger partial charge in [-0.2, -0.15) is 0 Å². The average molecular weight is 170 g/mol. The normalized spacial score (nSPS) is 27.3. The molecule has 0 aromatic carbocycles. The summed E-state index contributed by atoms with van der Waals surface area (Å²) < 4.78 is 0. The quantitative estimate of drug-likeness (QED) is 0.653. The summed E-state index contributed by atoms with van der Waals surface area (Å²) in [5.41, 5.74) is 5.55. The Balaban J connectivity index is 2.58. The molecule has 0 aromatic rings. The van der Waals surface area contributed by atoms with Gasteiger partial charge in [0.1, 0.15) is 0 Å². The Hall–Kier alpha value is -0.570. The zero-order valence-corrected chi connectivity index (χ0v) is 7.89. The van der Waals surface area contributed by atoms with Crippen LogP contribution < -0.4 is 11.1 Å². The number of primary amides is 1. The molecule has 1 aliphatic heterocycles. The Labute approximate surface area is 73.7 Å². The van der Waals surface area contributed by atoms with Crippen molar-refractivity contribution in [2.24, 2.45) is 11.1 Å². The molecule has 0 aliphatic carbocycles. The molecular formula is C9H18N2O. The lowest BCUT2D eigenvalue weighted by atomic mass is 9.80. The number of carbonyl (C=O) groups excluding carboxylic acids is 1. The van der Waals surface area contributed by atoms with E-state index in [1.54, 1.807) is 0 Å². The van der Waals surface area contributed by atoms with Gasteiger partial charge in [0.15, 0.2) is 0 Å². The van der Waals surface area contributed by atoms with Crippen LogP contribution in [-0.4, -0.2) is 18.5 Å². The summed E-state index contributed by atoms with van der Waals surface area (Å²) >= 11 is 0. The monoisotopic (exact) mass is 170 g/mol. The topological polar surface area (TPSA) is 55.1 Å². The SMILES string of the molecule is CCC1(CC)CNC(C(N)=O)C1. The van der Waals surface area contributed by atoms with Gasteiger partial charge in [-0.25, -0.2) is 0 Å². The molecule has 0 aromatic heterocycles. The third kappa shape index (κ3) is 1.61. The maximum absolute atomic E-state index is 10.9. The van der Waals surface area contributed by atoms with Crippen molar-refractivity contribution in [2.45, 2.75) is 39.2 Å². The predicted molar refractivity (Wildman–Crippen MR) is 48.6 cm³/mol. The summed E-state index contributed by atoms with van der Waals surface area (Å²) in [6, 6.07) is -0.0927. The summed E-state index contributed by atoms with van der Waals surface area (Å²) in [5, 5.41) is 3.17. The predicted octanol–water partition coefficient (Wildman–Crippen LogP) is 0.640. The van der Waals surface area contributed by atoms with E-state index in [-0.39, 0.29) is 11.9 Å². The second-order valence-corrected chi connectivity index (χ2v) is 3.75. The number of hydrogen-bond donors (Lipinski definition) is 2. The zero-order chi connectivity index (χ0) is 9.19. The maximum Gasteiger partial charge on any atom is 0.234 e. The van der Waals surface area contributed by atoms with Gasteiger partial charge in [-0.05, 0) is 24.7 Å². The highest BCUT2D eigenvalue weighted by Gasteiger charge is 2.37. The first-order valence-corrected chi connectivity index (χ1v) is 4.66. The van der Waals surface area contributed by atoms with Crippen LogP contribution in [0.1, 0.15) is 33.1 Å². The molecule has 1 heterocycles. The minimum Gasteiger partial charge on any atom is -0.368 e. The fourth-order valence-electron chi connectivity index (χ4n) is 1.91. The van der Waals surface area contributed by atoms with Crippen LogP contribution in [0.15, 0.2) is 0 Å². The van der Waals surface area contributed by atoms with E-state index in [0.29, 0.717) is 5.41 Å². The molecular weight excluding hydrogens is 152 g/mol. The number of nitrogens with one attached hydrogen (secondary N) is 1. The molecule has 1 saturated heterocycles. The molecule has 1 unspecified atom stereocenters. The van der Waals surface area contributed by atoms with E-state index in [2.05, 4.69) is 19.2 Å². The molecule has 1 fully saturated rings. The van der Waals surface area contributed by atoms with Gasteiger partial charge in [0.05, 0.1) is 6.04 Å². The van der Waals surface area contributed by atoms with Gasteiger partial charge in [0.2, 0.25) is 5.91 Å².